The fourth-order valence-corrected chi connectivity index (χ4v) is 5.15. The first kappa shape index (κ1) is 20.2. The van der Waals surface area contributed by atoms with Gasteiger partial charge in [0.1, 0.15) is 16.5 Å². The second-order valence-electron chi connectivity index (χ2n) is 8.24. The van der Waals surface area contributed by atoms with Crippen LogP contribution in [0.25, 0.3) is 0 Å². The highest BCUT2D eigenvalue weighted by atomic mass is 32.1. The topological polar surface area (TPSA) is 43.8 Å². The van der Waals surface area contributed by atoms with Crippen molar-refractivity contribution in [2.75, 3.05) is 32.0 Å². The van der Waals surface area contributed by atoms with Gasteiger partial charge in [-0.3, -0.25) is 4.90 Å². The summed E-state index contributed by atoms with van der Waals surface area (Å²) in [6.45, 7) is 4.78. The molecule has 1 atom stereocenters. The molecule has 0 saturated carbocycles. The molecule has 1 aromatic heterocycles. The molecule has 0 aliphatic carbocycles. The molecule has 0 unspecified atom stereocenters. The van der Waals surface area contributed by atoms with Crippen molar-refractivity contribution in [1.29, 1.82) is 0 Å². The molecule has 1 saturated heterocycles. The van der Waals surface area contributed by atoms with E-state index in [0.717, 1.165) is 71.0 Å². The predicted octanol–water partition coefficient (Wildman–Crippen LogP) is 4.97. The van der Waals surface area contributed by atoms with Crippen molar-refractivity contribution in [2.24, 2.45) is 4.99 Å². The molecule has 3 aromatic rings. The summed E-state index contributed by atoms with van der Waals surface area (Å²) in [5, 5.41) is 5.61. The average molecular weight is 436 g/mol. The molecule has 0 bridgehead atoms. The number of rotatable bonds is 3. The molecule has 0 radical (unpaired) electrons. The number of nitrogens with zero attached hydrogens (tertiary/aromatic N) is 4. The van der Waals surface area contributed by atoms with E-state index in [-0.39, 0.29) is 5.82 Å². The summed E-state index contributed by atoms with van der Waals surface area (Å²) in [5.41, 5.74) is 3.94. The lowest BCUT2D eigenvalue weighted by atomic mass is 10.0. The van der Waals surface area contributed by atoms with Gasteiger partial charge in [-0.25, -0.2) is 14.4 Å². The normalized spacial score (nSPS) is 18.6. The van der Waals surface area contributed by atoms with Gasteiger partial charge >= 0.3 is 0 Å². The van der Waals surface area contributed by atoms with Crippen molar-refractivity contribution < 1.29 is 4.39 Å². The van der Waals surface area contributed by atoms with Crippen molar-refractivity contribution in [3.8, 4) is 0 Å². The molecule has 0 spiro atoms. The fraction of sp³-hybridized carbons (Fsp3) is 0.333. The van der Waals surface area contributed by atoms with Gasteiger partial charge in [-0.2, -0.15) is 0 Å². The van der Waals surface area contributed by atoms with E-state index in [2.05, 4.69) is 28.2 Å². The number of piperazine rings is 1. The Kier molecular flexibility index (Phi) is 5.46. The van der Waals surface area contributed by atoms with Crippen LogP contribution >= 0.6 is 11.3 Å². The summed E-state index contributed by atoms with van der Waals surface area (Å²) in [6, 6.07) is 15.5. The van der Waals surface area contributed by atoms with Gasteiger partial charge in [0, 0.05) is 25.7 Å². The highest BCUT2D eigenvalue weighted by Crippen LogP contribution is 2.37. The van der Waals surface area contributed by atoms with Crippen LogP contribution in [0, 0.1) is 12.7 Å². The number of aromatic nitrogens is 1. The van der Waals surface area contributed by atoms with E-state index >= 15 is 0 Å². The minimum absolute atomic E-state index is 0.165. The van der Waals surface area contributed by atoms with Crippen molar-refractivity contribution in [2.45, 2.75) is 25.8 Å². The molecule has 2 aromatic carbocycles. The standard InChI is InChI=1S/C24H26FN5S/c1-16-26-22-23(27-20-8-3-4-9-21(20)28-24(22)31-16)30-13-12-29(2)19(15-30)11-10-17-6-5-7-18(25)14-17/h3-9,14,19,28H,10-13,15H2,1-2H3/t19-/m0/s1. The number of fused-ring (bicyclic) bond motifs is 2. The molecular weight excluding hydrogens is 409 g/mol. The Balaban J connectivity index is 1.41. The Morgan fingerprint density at radius 3 is 2.90 bits per heavy atom. The zero-order chi connectivity index (χ0) is 21.4. The fourth-order valence-electron chi connectivity index (χ4n) is 4.33. The van der Waals surface area contributed by atoms with Gasteiger partial charge in [0.15, 0.2) is 5.84 Å². The predicted molar refractivity (Wildman–Crippen MR) is 125 cm³/mol. The zero-order valence-electron chi connectivity index (χ0n) is 17.8. The summed E-state index contributed by atoms with van der Waals surface area (Å²) in [7, 11) is 2.18. The zero-order valence-corrected chi connectivity index (χ0v) is 18.6. The van der Waals surface area contributed by atoms with E-state index in [1.165, 1.54) is 6.07 Å². The number of nitrogens with one attached hydrogen (secondary N) is 1. The molecule has 160 valence electrons. The third kappa shape index (κ3) is 4.20. The number of aryl methyl sites for hydroxylation is 2. The Morgan fingerprint density at radius 2 is 2.03 bits per heavy atom. The molecule has 7 heteroatoms. The van der Waals surface area contributed by atoms with Gasteiger partial charge in [0.05, 0.1) is 16.4 Å². The minimum atomic E-state index is -0.165. The number of thiazole rings is 1. The lowest BCUT2D eigenvalue weighted by molar-refractivity contribution is 0.134. The summed E-state index contributed by atoms with van der Waals surface area (Å²) in [5.74, 6) is 0.780. The second-order valence-corrected chi connectivity index (χ2v) is 9.44. The molecule has 31 heavy (non-hydrogen) atoms. The number of amidine groups is 1. The molecule has 2 aliphatic heterocycles. The van der Waals surface area contributed by atoms with Gasteiger partial charge in [0.2, 0.25) is 0 Å². The summed E-state index contributed by atoms with van der Waals surface area (Å²) in [6.07, 6.45) is 1.83. The molecule has 5 nitrogen and oxygen atoms in total. The van der Waals surface area contributed by atoms with Crippen LogP contribution in [-0.2, 0) is 6.42 Å². The quantitative estimate of drug-likeness (QED) is 0.631. The number of anilines is 2. The third-order valence-electron chi connectivity index (χ3n) is 6.06. The second kappa shape index (κ2) is 8.40. The molecule has 3 heterocycles. The summed E-state index contributed by atoms with van der Waals surface area (Å²) >= 11 is 1.67. The lowest BCUT2D eigenvalue weighted by Gasteiger charge is -2.40. The van der Waals surface area contributed by atoms with Crippen molar-refractivity contribution in [1.82, 2.24) is 14.8 Å². The number of likely N-dealkylation sites (N-methyl/N-ethyl adjacent to an activating group) is 1. The lowest BCUT2D eigenvalue weighted by Crippen LogP contribution is -2.53. The molecule has 1 fully saturated rings. The highest BCUT2D eigenvalue weighted by molar-refractivity contribution is 7.16. The van der Waals surface area contributed by atoms with Crippen molar-refractivity contribution in [3.63, 3.8) is 0 Å². The molecule has 0 amide bonds. The van der Waals surface area contributed by atoms with E-state index in [0.29, 0.717) is 6.04 Å². The molecule has 2 aliphatic rings. The third-order valence-corrected chi connectivity index (χ3v) is 6.94. The number of aliphatic imine (C=N–C) groups is 1. The van der Waals surface area contributed by atoms with Gasteiger partial charge in [-0.15, -0.1) is 11.3 Å². The van der Waals surface area contributed by atoms with Crippen LogP contribution in [-0.4, -0.2) is 53.3 Å². The van der Waals surface area contributed by atoms with Gasteiger partial charge in [-0.1, -0.05) is 24.3 Å². The Labute approximate surface area is 186 Å². The Bertz CT molecular complexity index is 1120. The summed E-state index contributed by atoms with van der Waals surface area (Å²) < 4.78 is 13.6. The van der Waals surface area contributed by atoms with Crippen LogP contribution in [0.3, 0.4) is 0 Å². The minimum Gasteiger partial charge on any atom is -0.352 e. The number of hydrogen-bond donors (Lipinski definition) is 1. The van der Waals surface area contributed by atoms with Crippen molar-refractivity contribution in [3.05, 3.63) is 70.6 Å². The van der Waals surface area contributed by atoms with Crippen LogP contribution < -0.4 is 5.32 Å². The highest BCUT2D eigenvalue weighted by Gasteiger charge is 2.30. The first-order valence-electron chi connectivity index (χ1n) is 10.7. The van der Waals surface area contributed by atoms with Crippen LogP contribution in [0.5, 0.6) is 0 Å². The number of para-hydroxylation sites is 2. The van der Waals surface area contributed by atoms with Gasteiger partial charge < -0.3 is 10.2 Å². The van der Waals surface area contributed by atoms with Crippen LogP contribution in [0.15, 0.2) is 53.5 Å². The van der Waals surface area contributed by atoms with Crippen LogP contribution in [0.4, 0.5) is 20.8 Å². The van der Waals surface area contributed by atoms with Crippen LogP contribution in [0.2, 0.25) is 0 Å². The van der Waals surface area contributed by atoms with E-state index < -0.39 is 0 Å². The van der Waals surface area contributed by atoms with E-state index in [1.807, 2.05) is 31.2 Å². The maximum Gasteiger partial charge on any atom is 0.158 e. The number of benzene rings is 2. The number of hydrogen-bond acceptors (Lipinski definition) is 6. The monoisotopic (exact) mass is 435 g/mol. The van der Waals surface area contributed by atoms with E-state index in [1.54, 1.807) is 23.5 Å². The van der Waals surface area contributed by atoms with Gasteiger partial charge in [0.25, 0.3) is 0 Å². The average Bonchev–Trinajstić information content (AvgIpc) is 3.05. The molecular formula is C24H26FN5S. The largest absolute Gasteiger partial charge is 0.352 e. The first-order chi connectivity index (χ1) is 15.1. The maximum atomic E-state index is 13.6. The summed E-state index contributed by atoms with van der Waals surface area (Å²) in [4.78, 5) is 14.7. The van der Waals surface area contributed by atoms with Crippen molar-refractivity contribution >= 4 is 33.5 Å². The van der Waals surface area contributed by atoms with E-state index in [4.69, 9.17) is 9.98 Å². The van der Waals surface area contributed by atoms with Crippen LogP contribution in [0.1, 0.15) is 22.7 Å². The molecule has 1 N–H and O–H groups in total. The smallest absolute Gasteiger partial charge is 0.158 e. The first-order valence-corrected chi connectivity index (χ1v) is 11.5. The SMILES string of the molecule is Cc1nc2c(s1)Nc1ccccc1N=C2N1CCN(C)[C@@H](CCc2cccc(F)c2)C1. The maximum absolute atomic E-state index is 13.6. The Morgan fingerprint density at radius 1 is 1.16 bits per heavy atom. The van der Waals surface area contributed by atoms with E-state index in [9.17, 15) is 4.39 Å². The molecule has 5 rings (SSSR count). The van der Waals surface area contributed by atoms with Gasteiger partial charge in [-0.05, 0) is 56.6 Å². The number of halogens is 1. The Hall–Kier alpha value is -2.77.